The molecule has 24 heavy (non-hydrogen) atoms. The van der Waals surface area contributed by atoms with Crippen molar-refractivity contribution in [2.75, 3.05) is 20.2 Å². The van der Waals surface area contributed by atoms with Crippen LogP contribution in [0.2, 0.25) is 0 Å². The Morgan fingerprint density at radius 1 is 1.17 bits per heavy atom. The van der Waals surface area contributed by atoms with Crippen LogP contribution in [0.4, 0.5) is 10.5 Å². The van der Waals surface area contributed by atoms with Crippen LogP contribution in [0.5, 0.6) is 17.2 Å². The summed E-state index contributed by atoms with van der Waals surface area (Å²) in [5.74, 6) is 1.44. The number of ether oxygens (including phenoxy) is 2. The second kappa shape index (κ2) is 7.82. The van der Waals surface area contributed by atoms with Crippen LogP contribution in [0, 0.1) is 10.1 Å². The summed E-state index contributed by atoms with van der Waals surface area (Å²) in [5.41, 5.74) is -0.0463. The zero-order valence-electron chi connectivity index (χ0n) is 12.9. The lowest BCUT2D eigenvalue weighted by Crippen LogP contribution is -2.29. The second-order valence-corrected chi connectivity index (χ2v) is 4.88. The zero-order valence-corrected chi connectivity index (χ0v) is 12.9. The van der Waals surface area contributed by atoms with Gasteiger partial charge in [-0.25, -0.2) is 4.79 Å². The van der Waals surface area contributed by atoms with Crippen LogP contribution in [0.3, 0.4) is 0 Å². The maximum absolute atomic E-state index is 10.7. The fourth-order valence-corrected chi connectivity index (χ4v) is 1.80. The first-order valence-corrected chi connectivity index (χ1v) is 7.05. The van der Waals surface area contributed by atoms with Crippen LogP contribution in [-0.2, 0) is 0 Å². The van der Waals surface area contributed by atoms with E-state index in [4.69, 9.17) is 14.6 Å². The van der Waals surface area contributed by atoms with Gasteiger partial charge in [-0.3, -0.25) is 10.1 Å². The van der Waals surface area contributed by atoms with E-state index in [-0.39, 0.29) is 18.8 Å². The fraction of sp³-hybridized carbons (Fsp3) is 0.188. The highest BCUT2D eigenvalue weighted by Gasteiger charge is 2.07. The topological polar surface area (TPSA) is 102 Å². The number of benzene rings is 2. The molecule has 1 N–H and O–H groups in total. The average Bonchev–Trinajstić information content (AvgIpc) is 2.56. The Kier molecular flexibility index (Phi) is 5.56. The highest BCUT2D eigenvalue weighted by atomic mass is 16.6. The smallest absolute Gasteiger partial charge is 0.407 e. The molecule has 0 heterocycles. The molecule has 126 valence electrons. The Morgan fingerprint density at radius 2 is 1.83 bits per heavy atom. The Hall–Kier alpha value is -3.29. The molecule has 0 fully saturated rings. The van der Waals surface area contributed by atoms with E-state index in [9.17, 15) is 14.9 Å². The number of hydrogen-bond acceptors (Lipinski definition) is 5. The van der Waals surface area contributed by atoms with Crippen LogP contribution in [0.25, 0.3) is 0 Å². The number of non-ortho nitro benzene ring substituents is 1. The van der Waals surface area contributed by atoms with Crippen molar-refractivity contribution in [1.29, 1.82) is 0 Å². The minimum atomic E-state index is -1.01. The molecule has 8 nitrogen and oxygen atoms in total. The van der Waals surface area contributed by atoms with Crippen molar-refractivity contribution in [3.8, 4) is 17.2 Å². The molecular weight excluding hydrogens is 316 g/mol. The van der Waals surface area contributed by atoms with Crippen LogP contribution in [-0.4, -0.2) is 41.2 Å². The van der Waals surface area contributed by atoms with E-state index in [1.165, 1.54) is 19.2 Å². The average molecular weight is 332 g/mol. The Balaban J connectivity index is 1.91. The van der Waals surface area contributed by atoms with Gasteiger partial charge in [0.1, 0.15) is 23.9 Å². The van der Waals surface area contributed by atoms with E-state index in [2.05, 4.69) is 0 Å². The van der Waals surface area contributed by atoms with Gasteiger partial charge in [-0.05, 0) is 30.3 Å². The number of nitrogens with zero attached hydrogens (tertiary/aromatic N) is 2. The quantitative estimate of drug-likeness (QED) is 0.616. The summed E-state index contributed by atoms with van der Waals surface area (Å²) in [6, 6.07) is 12.6. The van der Waals surface area contributed by atoms with Gasteiger partial charge < -0.3 is 19.5 Å². The second-order valence-electron chi connectivity index (χ2n) is 4.88. The fourth-order valence-electron chi connectivity index (χ4n) is 1.80. The van der Waals surface area contributed by atoms with Crippen molar-refractivity contribution in [3.63, 3.8) is 0 Å². The number of amides is 1. The normalized spacial score (nSPS) is 10.0. The van der Waals surface area contributed by atoms with Gasteiger partial charge in [-0.1, -0.05) is 6.07 Å². The van der Waals surface area contributed by atoms with Gasteiger partial charge in [0.25, 0.3) is 5.69 Å². The van der Waals surface area contributed by atoms with Gasteiger partial charge in [0.15, 0.2) is 0 Å². The molecule has 0 aliphatic heterocycles. The first kappa shape index (κ1) is 17.1. The molecule has 1 amide bonds. The van der Waals surface area contributed by atoms with Crippen molar-refractivity contribution in [2.45, 2.75) is 0 Å². The number of nitro benzene ring substituents is 1. The zero-order chi connectivity index (χ0) is 17.5. The molecule has 0 spiro atoms. The third kappa shape index (κ3) is 4.87. The summed E-state index contributed by atoms with van der Waals surface area (Å²) in [7, 11) is 1.46. The molecule has 0 aliphatic carbocycles. The summed E-state index contributed by atoms with van der Waals surface area (Å²) < 4.78 is 11.0. The van der Waals surface area contributed by atoms with Crippen molar-refractivity contribution >= 4 is 11.8 Å². The largest absolute Gasteiger partial charge is 0.492 e. The highest BCUT2D eigenvalue weighted by Crippen LogP contribution is 2.26. The van der Waals surface area contributed by atoms with E-state index in [0.29, 0.717) is 17.2 Å². The lowest BCUT2D eigenvalue weighted by Gasteiger charge is -2.13. The number of likely N-dealkylation sites (N-methyl/N-ethyl adjacent to an activating group) is 1. The predicted octanol–water partition coefficient (Wildman–Crippen LogP) is 3.38. The van der Waals surface area contributed by atoms with Gasteiger partial charge in [-0.15, -0.1) is 0 Å². The first-order chi connectivity index (χ1) is 11.5. The first-order valence-electron chi connectivity index (χ1n) is 7.05. The molecule has 0 saturated carbocycles. The number of hydrogen-bond donors (Lipinski definition) is 1. The highest BCUT2D eigenvalue weighted by molar-refractivity contribution is 5.64. The van der Waals surface area contributed by atoms with Gasteiger partial charge in [-0.2, -0.15) is 0 Å². The molecule has 0 radical (unpaired) electrons. The number of carboxylic acid groups (broad SMARTS) is 1. The monoisotopic (exact) mass is 332 g/mol. The summed E-state index contributed by atoms with van der Waals surface area (Å²) in [5, 5.41) is 19.5. The molecule has 0 aromatic heterocycles. The molecule has 2 aromatic rings. The van der Waals surface area contributed by atoms with Crippen LogP contribution in [0.1, 0.15) is 0 Å². The van der Waals surface area contributed by atoms with E-state index in [1.807, 2.05) is 0 Å². The van der Waals surface area contributed by atoms with E-state index >= 15 is 0 Å². The molecule has 0 saturated heterocycles. The SMILES string of the molecule is CN(CCOc1ccc(Oc2cccc([N+](=O)[O-])c2)cc1)C(=O)O. The standard InChI is InChI=1S/C16H16N2O6/c1-17(16(19)20)9-10-23-13-5-7-14(8-6-13)24-15-4-2-3-12(11-15)18(21)22/h2-8,11H,9-10H2,1H3,(H,19,20). The molecule has 0 atom stereocenters. The van der Waals surface area contributed by atoms with Crippen LogP contribution in [0.15, 0.2) is 48.5 Å². The molecule has 0 bridgehead atoms. The molecule has 0 aliphatic rings. The van der Waals surface area contributed by atoms with Gasteiger partial charge in [0.2, 0.25) is 0 Å². The summed E-state index contributed by atoms with van der Waals surface area (Å²) in [6.45, 7) is 0.481. The number of nitro groups is 1. The Morgan fingerprint density at radius 3 is 2.46 bits per heavy atom. The minimum Gasteiger partial charge on any atom is -0.492 e. The van der Waals surface area contributed by atoms with Crippen LogP contribution >= 0.6 is 0 Å². The summed E-state index contributed by atoms with van der Waals surface area (Å²) in [6.07, 6.45) is -1.01. The Labute approximate surface area is 138 Å². The Bertz CT molecular complexity index is 717. The van der Waals surface area contributed by atoms with Gasteiger partial charge in [0, 0.05) is 13.1 Å². The van der Waals surface area contributed by atoms with E-state index in [0.717, 1.165) is 4.90 Å². The maximum Gasteiger partial charge on any atom is 0.407 e. The molecule has 2 aromatic carbocycles. The number of carbonyl (C=O) groups is 1. The van der Waals surface area contributed by atoms with Gasteiger partial charge >= 0.3 is 6.09 Å². The van der Waals surface area contributed by atoms with E-state index < -0.39 is 11.0 Å². The van der Waals surface area contributed by atoms with Crippen molar-refractivity contribution in [2.24, 2.45) is 0 Å². The molecular formula is C16H16N2O6. The molecule has 0 unspecified atom stereocenters. The van der Waals surface area contributed by atoms with Crippen molar-refractivity contribution < 1.29 is 24.3 Å². The van der Waals surface area contributed by atoms with E-state index in [1.54, 1.807) is 36.4 Å². The molecule has 8 heteroatoms. The summed E-state index contributed by atoms with van der Waals surface area (Å²) >= 11 is 0. The van der Waals surface area contributed by atoms with Crippen LogP contribution < -0.4 is 9.47 Å². The predicted molar refractivity (Wildman–Crippen MR) is 85.8 cm³/mol. The maximum atomic E-state index is 10.7. The van der Waals surface area contributed by atoms with Crippen molar-refractivity contribution in [3.05, 3.63) is 58.6 Å². The van der Waals surface area contributed by atoms with Crippen molar-refractivity contribution in [1.82, 2.24) is 4.90 Å². The lowest BCUT2D eigenvalue weighted by molar-refractivity contribution is -0.384. The third-order valence-electron chi connectivity index (χ3n) is 3.11. The lowest BCUT2D eigenvalue weighted by atomic mass is 10.3. The molecule has 2 rings (SSSR count). The third-order valence-corrected chi connectivity index (χ3v) is 3.11. The summed E-state index contributed by atoms with van der Waals surface area (Å²) in [4.78, 5) is 22.0. The van der Waals surface area contributed by atoms with Gasteiger partial charge in [0.05, 0.1) is 17.5 Å². The number of rotatable bonds is 7. The minimum absolute atomic E-state index is 0.0463.